The average molecular weight is 286 g/mol. The van der Waals surface area contributed by atoms with E-state index < -0.39 is 5.54 Å². The third-order valence-corrected chi connectivity index (χ3v) is 4.83. The molecule has 1 aliphatic carbocycles. The van der Waals surface area contributed by atoms with Crippen LogP contribution in [-0.4, -0.2) is 55.6 Å². The van der Waals surface area contributed by atoms with Gasteiger partial charge in [0.05, 0.1) is 25.9 Å². The van der Waals surface area contributed by atoms with Crippen LogP contribution in [0.4, 0.5) is 0 Å². The lowest BCUT2D eigenvalue weighted by Crippen LogP contribution is -2.82. The Hall–Kier alpha value is -0.690. The highest BCUT2D eigenvalue weighted by molar-refractivity contribution is 5.89. The lowest BCUT2D eigenvalue weighted by molar-refractivity contribution is -0.225. The van der Waals surface area contributed by atoms with Crippen molar-refractivity contribution in [2.75, 3.05) is 33.0 Å². The van der Waals surface area contributed by atoms with Crippen molar-refractivity contribution in [3.63, 3.8) is 0 Å². The van der Waals surface area contributed by atoms with E-state index in [1.807, 2.05) is 13.8 Å². The fourth-order valence-corrected chi connectivity index (χ4v) is 3.59. The first-order valence-corrected chi connectivity index (χ1v) is 7.33. The number of nitrogens with two attached hydrogens (primary N) is 1. The maximum absolute atomic E-state index is 12.5. The molecule has 6 heteroatoms. The van der Waals surface area contributed by atoms with Gasteiger partial charge in [-0.25, -0.2) is 0 Å². The summed E-state index contributed by atoms with van der Waals surface area (Å²) >= 11 is 0. The van der Waals surface area contributed by atoms with Gasteiger partial charge in [0, 0.05) is 24.5 Å². The second-order valence-corrected chi connectivity index (χ2v) is 6.22. The van der Waals surface area contributed by atoms with Gasteiger partial charge < -0.3 is 25.6 Å². The monoisotopic (exact) mass is 286 g/mol. The lowest BCUT2D eigenvalue weighted by Gasteiger charge is -2.65. The Morgan fingerprint density at radius 2 is 2.25 bits per heavy atom. The van der Waals surface area contributed by atoms with Gasteiger partial charge in [0.15, 0.2) is 0 Å². The van der Waals surface area contributed by atoms with Crippen molar-refractivity contribution in [1.29, 1.82) is 0 Å². The molecule has 6 nitrogen and oxygen atoms in total. The van der Waals surface area contributed by atoms with Crippen molar-refractivity contribution in [1.82, 2.24) is 5.32 Å². The SMILES string of the molecule is CC1(C)C2OCCCC2C1(N)C(=O)NCCOCCO. The van der Waals surface area contributed by atoms with E-state index in [0.29, 0.717) is 13.2 Å². The van der Waals surface area contributed by atoms with Crippen molar-refractivity contribution in [2.45, 2.75) is 38.3 Å². The molecule has 0 aromatic carbocycles. The molecule has 0 bridgehead atoms. The molecule has 20 heavy (non-hydrogen) atoms. The molecule has 4 N–H and O–H groups in total. The quantitative estimate of drug-likeness (QED) is 0.580. The van der Waals surface area contributed by atoms with Crippen molar-refractivity contribution in [3.05, 3.63) is 0 Å². The van der Waals surface area contributed by atoms with Crippen LogP contribution in [0.1, 0.15) is 26.7 Å². The predicted molar refractivity (Wildman–Crippen MR) is 74.1 cm³/mol. The normalized spacial score (nSPS) is 35.0. The van der Waals surface area contributed by atoms with Gasteiger partial charge in [-0.2, -0.15) is 0 Å². The summed E-state index contributed by atoms with van der Waals surface area (Å²) in [4.78, 5) is 12.5. The molecule has 1 aliphatic heterocycles. The van der Waals surface area contributed by atoms with E-state index in [1.165, 1.54) is 0 Å². The third-order valence-electron chi connectivity index (χ3n) is 4.83. The Morgan fingerprint density at radius 3 is 2.95 bits per heavy atom. The second-order valence-electron chi connectivity index (χ2n) is 6.22. The number of hydrogen-bond donors (Lipinski definition) is 3. The molecule has 0 aromatic heterocycles. The summed E-state index contributed by atoms with van der Waals surface area (Å²) in [5, 5.41) is 11.4. The van der Waals surface area contributed by atoms with Crippen LogP contribution in [0.5, 0.6) is 0 Å². The molecule has 1 saturated carbocycles. The molecule has 0 aromatic rings. The van der Waals surface area contributed by atoms with E-state index in [4.69, 9.17) is 20.3 Å². The van der Waals surface area contributed by atoms with Crippen LogP contribution in [0.3, 0.4) is 0 Å². The molecule has 1 amide bonds. The maximum atomic E-state index is 12.5. The Labute approximate surface area is 120 Å². The first kappa shape index (κ1) is 15.7. The minimum atomic E-state index is -0.866. The van der Waals surface area contributed by atoms with Crippen molar-refractivity contribution < 1.29 is 19.4 Å². The molecule has 1 heterocycles. The van der Waals surface area contributed by atoms with E-state index in [-0.39, 0.29) is 36.6 Å². The van der Waals surface area contributed by atoms with Gasteiger partial charge in [0.2, 0.25) is 5.91 Å². The molecule has 2 fully saturated rings. The summed E-state index contributed by atoms with van der Waals surface area (Å²) in [6.45, 7) is 5.83. The molecule has 0 spiro atoms. The number of hydrogen-bond acceptors (Lipinski definition) is 5. The first-order chi connectivity index (χ1) is 9.46. The molecule has 2 rings (SSSR count). The number of nitrogens with one attached hydrogen (secondary N) is 1. The largest absolute Gasteiger partial charge is 0.394 e. The maximum Gasteiger partial charge on any atom is 0.241 e. The molecular formula is C14H26N2O4. The van der Waals surface area contributed by atoms with E-state index >= 15 is 0 Å². The summed E-state index contributed by atoms with van der Waals surface area (Å²) in [5.41, 5.74) is 5.23. The summed E-state index contributed by atoms with van der Waals surface area (Å²) in [7, 11) is 0. The smallest absolute Gasteiger partial charge is 0.241 e. The van der Waals surface area contributed by atoms with E-state index in [9.17, 15) is 4.79 Å². The van der Waals surface area contributed by atoms with Gasteiger partial charge in [0.1, 0.15) is 5.54 Å². The number of aliphatic hydroxyl groups excluding tert-OH is 1. The lowest BCUT2D eigenvalue weighted by atomic mass is 9.46. The second kappa shape index (κ2) is 5.97. The van der Waals surface area contributed by atoms with Gasteiger partial charge in [-0.1, -0.05) is 13.8 Å². The van der Waals surface area contributed by atoms with Crippen LogP contribution in [0.15, 0.2) is 0 Å². The van der Waals surface area contributed by atoms with Crippen LogP contribution in [0, 0.1) is 11.3 Å². The number of carbonyl (C=O) groups is 1. The standard InChI is InChI=1S/C14H26N2O4/c1-13(2)11-10(4-3-7-20-11)14(13,15)12(18)16-5-8-19-9-6-17/h10-11,17H,3-9,15H2,1-2H3,(H,16,18). The molecule has 3 atom stereocenters. The predicted octanol–water partition coefficient (Wildman–Crippen LogP) is -0.356. The highest BCUT2D eigenvalue weighted by Gasteiger charge is 2.70. The van der Waals surface area contributed by atoms with Gasteiger partial charge in [0.25, 0.3) is 0 Å². The highest BCUT2D eigenvalue weighted by atomic mass is 16.5. The zero-order valence-electron chi connectivity index (χ0n) is 12.4. The fourth-order valence-electron chi connectivity index (χ4n) is 3.59. The Bertz CT molecular complexity index is 361. The van der Waals surface area contributed by atoms with Gasteiger partial charge >= 0.3 is 0 Å². The highest BCUT2D eigenvalue weighted by Crippen LogP contribution is 2.57. The van der Waals surface area contributed by atoms with Crippen molar-refractivity contribution >= 4 is 5.91 Å². The summed E-state index contributed by atoms with van der Waals surface area (Å²) in [5.74, 6) is -0.0218. The fraction of sp³-hybridized carbons (Fsp3) is 0.929. The molecule has 0 radical (unpaired) electrons. The number of ether oxygens (including phenoxy) is 2. The summed E-state index contributed by atoms with van der Waals surface area (Å²) < 4.78 is 10.9. The number of fused-ring (bicyclic) bond motifs is 1. The van der Waals surface area contributed by atoms with Crippen LogP contribution in [-0.2, 0) is 14.3 Å². The van der Waals surface area contributed by atoms with Crippen LogP contribution >= 0.6 is 0 Å². The van der Waals surface area contributed by atoms with Crippen molar-refractivity contribution in [3.8, 4) is 0 Å². The van der Waals surface area contributed by atoms with Gasteiger partial charge in [-0.15, -0.1) is 0 Å². The Morgan fingerprint density at radius 1 is 1.50 bits per heavy atom. The van der Waals surface area contributed by atoms with Crippen LogP contribution in [0.25, 0.3) is 0 Å². The first-order valence-electron chi connectivity index (χ1n) is 7.33. The minimum absolute atomic E-state index is 0.0110. The Balaban J connectivity index is 1.90. The zero-order valence-corrected chi connectivity index (χ0v) is 12.4. The topological polar surface area (TPSA) is 93.8 Å². The van der Waals surface area contributed by atoms with Crippen LogP contribution < -0.4 is 11.1 Å². The Kier molecular flexibility index (Phi) is 4.69. The molecule has 1 saturated heterocycles. The molecule has 2 aliphatic rings. The zero-order chi connectivity index (χ0) is 14.8. The number of aliphatic hydroxyl groups is 1. The van der Waals surface area contributed by atoms with Gasteiger partial charge in [-0.3, -0.25) is 4.79 Å². The molecule has 116 valence electrons. The number of rotatable bonds is 6. The number of amides is 1. The minimum Gasteiger partial charge on any atom is -0.394 e. The van der Waals surface area contributed by atoms with Crippen molar-refractivity contribution in [2.24, 2.45) is 17.1 Å². The summed E-state index contributed by atoms with van der Waals surface area (Å²) in [6.07, 6.45) is 1.99. The molecule has 3 unspecified atom stereocenters. The van der Waals surface area contributed by atoms with Crippen LogP contribution in [0.2, 0.25) is 0 Å². The third kappa shape index (κ3) is 2.35. The van der Waals surface area contributed by atoms with E-state index in [2.05, 4.69) is 5.32 Å². The molecular weight excluding hydrogens is 260 g/mol. The van der Waals surface area contributed by atoms with E-state index in [1.54, 1.807) is 0 Å². The van der Waals surface area contributed by atoms with E-state index in [0.717, 1.165) is 19.4 Å². The number of carbonyl (C=O) groups excluding carboxylic acids is 1. The van der Waals surface area contributed by atoms with Gasteiger partial charge in [-0.05, 0) is 12.8 Å². The average Bonchev–Trinajstić information content (AvgIpc) is 2.45. The summed E-state index contributed by atoms with van der Waals surface area (Å²) in [6, 6.07) is 0.